The highest BCUT2D eigenvalue weighted by molar-refractivity contribution is 7.96. The number of hydrogen-bond donors (Lipinski definition) is 1. The third-order valence-corrected chi connectivity index (χ3v) is 14.1. The van der Waals surface area contributed by atoms with Gasteiger partial charge in [-0.25, -0.2) is 4.79 Å². The molecule has 41 heavy (non-hydrogen) atoms. The maximum atomic E-state index is 13.5. The number of benzene rings is 2. The van der Waals surface area contributed by atoms with Crippen molar-refractivity contribution in [2.24, 2.45) is 0 Å². The molecule has 1 aliphatic rings. The molecule has 11 heteroatoms. The van der Waals surface area contributed by atoms with Gasteiger partial charge in [0.1, 0.15) is 23.8 Å². The van der Waals surface area contributed by atoms with Crippen molar-refractivity contribution in [2.45, 2.75) is 76.3 Å². The number of likely N-dealkylation sites (tertiary alicyclic amines) is 1. The lowest BCUT2D eigenvalue weighted by molar-refractivity contribution is -0.163. The smallest absolute Gasteiger partial charge is 0.333 e. The van der Waals surface area contributed by atoms with Gasteiger partial charge >= 0.3 is 5.97 Å². The highest BCUT2D eigenvalue weighted by atomic mass is 35.5. The average molecular weight is 619 g/mol. The van der Waals surface area contributed by atoms with E-state index < -0.39 is 31.7 Å². The van der Waals surface area contributed by atoms with Crippen LogP contribution in [0.25, 0.3) is 0 Å². The van der Waals surface area contributed by atoms with E-state index in [4.69, 9.17) is 24.9 Å². The Kier molecular flexibility index (Phi) is 11.9. The van der Waals surface area contributed by atoms with E-state index in [1.807, 2.05) is 0 Å². The molecule has 3 rings (SSSR count). The van der Waals surface area contributed by atoms with Gasteiger partial charge in [0.2, 0.25) is 20.1 Å². The zero-order chi connectivity index (χ0) is 30.2. The minimum atomic E-state index is -2.06. The summed E-state index contributed by atoms with van der Waals surface area (Å²) in [4.78, 5) is 41.2. The fourth-order valence-electron chi connectivity index (χ4n) is 4.59. The van der Waals surface area contributed by atoms with Gasteiger partial charge in [0.15, 0.2) is 6.04 Å². The van der Waals surface area contributed by atoms with E-state index in [-0.39, 0.29) is 24.8 Å². The summed E-state index contributed by atoms with van der Waals surface area (Å²) in [5, 5.41) is 2.81. The number of β-lactam (4-membered cyclic amide) rings is 1. The summed E-state index contributed by atoms with van der Waals surface area (Å²) in [5.41, 5.74) is 2.01. The minimum absolute atomic E-state index is 0.0295. The fraction of sp³-hybridized carbons (Fsp3) is 0.433. The Bertz CT molecular complexity index is 1210. The Morgan fingerprint density at radius 1 is 1.05 bits per heavy atom. The van der Waals surface area contributed by atoms with Gasteiger partial charge in [0.05, 0.1) is 13.5 Å². The summed E-state index contributed by atoms with van der Waals surface area (Å²) in [7, 11) is -0.476. The van der Waals surface area contributed by atoms with Gasteiger partial charge in [0.25, 0.3) is 0 Å². The van der Waals surface area contributed by atoms with Crippen molar-refractivity contribution in [2.75, 3.05) is 7.11 Å². The molecular weight excluding hydrogens is 580 g/mol. The van der Waals surface area contributed by atoms with Crippen LogP contribution in [0.5, 0.6) is 5.75 Å². The van der Waals surface area contributed by atoms with Crippen molar-refractivity contribution in [3.05, 3.63) is 76.8 Å². The number of ether oxygens (including phenoxy) is 2. The van der Waals surface area contributed by atoms with Gasteiger partial charge < -0.3 is 23.6 Å². The van der Waals surface area contributed by atoms with Gasteiger partial charge in [0, 0.05) is 17.1 Å². The van der Waals surface area contributed by atoms with E-state index in [9.17, 15) is 14.4 Å². The Morgan fingerprint density at radius 3 is 2.17 bits per heavy atom. The lowest BCUT2D eigenvalue weighted by Crippen LogP contribution is -2.73. The van der Waals surface area contributed by atoms with Crippen LogP contribution in [0.2, 0.25) is 23.2 Å². The number of amides is 2. The van der Waals surface area contributed by atoms with Crippen LogP contribution >= 0.6 is 23.6 Å². The first-order valence-corrected chi connectivity index (χ1v) is 17.4. The second-order valence-corrected chi connectivity index (χ2v) is 16.4. The van der Waals surface area contributed by atoms with E-state index >= 15 is 0 Å². The Balaban J connectivity index is 1.78. The van der Waals surface area contributed by atoms with E-state index in [1.165, 1.54) is 16.9 Å². The largest absolute Gasteiger partial charge is 0.497 e. The summed E-state index contributed by atoms with van der Waals surface area (Å²) in [5.74, 6) is -0.597. The first-order chi connectivity index (χ1) is 19.6. The van der Waals surface area contributed by atoms with Crippen LogP contribution in [0.3, 0.4) is 0 Å². The number of rotatable bonds is 15. The number of nitrogens with one attached hydrogen (secondary N) is 1. The number of nitrogens with zero attached hydrogens (tertiary/aromatic N) is 1. The topological polar surface area (TPSA) is 94.2 Å². The zero-order valence-corrected chi connectivity index (χ0v) is 26.8. The fourth-order valence-corrected chi connectivity index (χ4v) is 9.46. The van der Waals surface area contributed by atoms with Crippen LogP contribution in [-0.2, 0) is 36.0 Å². The van der Waals surface area contributed by atoms with Crippen LogP contribution in [0.4, 0.5) is 0 Å². The van der Waals surface area contributed by atoms with Crippen molar-refractivity contribution in [3.8, 4) is 5.75 Å². The number of carbonyl (C=O) groups excluding carboxylic acids is 3. The van der Waals surface area contributed by atoms with Crippen LogP contribution < -0.4 is 10.1 Å². The lowest BCUT2D eigenvalue weighted by atomic mass is 9.99. The number of hydrogen-bond acceptors (Lipinski definition) is 7. The highest BCUT2D eigenvalue weighted by Gasteiger charge is 2.55. The molecule has 1 N–H and O–H groups in total. The molecule has 0 aliphatic carbocycles. The van der Waals surface area contributed by atoms with Gasteiger partial charge in [-0.1, -0.05) is 63.2 Å². The third kappa shape index (κ3) is 8.15. The van der Waals surface area contributed by atoms with Crippen LogP contribution in [0.1, 0.15) is 38.8 Å². The minimum Gasteiger partial charge on any atom is -0.497 e. The molecule has 0 aromatic heterocycles. The molecule has 0 spiro atoms. The van der Waals surface area contributed by atoms with Crippen molar-refractivity contribution >= 4 is 49.7 Å². The second-order valence-electron chi connectivity index (χ2n) is 10.1. The van der Waals surface area contributed by atoms with Crippen LogP contribution in [0.15, 0.2) is 60.7 Å². The quantitative estimate of drug-likeness (QED) is 0.0873. The molecule has 0 radical (unpaired) electrons. The predicted molar refractivity (Wildman–Crippen MR) is 165 cm³/mol. The second kappa shape index (κ2) is 14.9. The summed E-state index contributed by atoms with van der Waals surface area (Å²) < 4.78 is 17.3. The first-order valence-electron chi connectivity index (χ1n) is 13.7. The molecule has 0 saturated carbocycles. The van der Waals surface area contributed by atoms with E-state index in [0.717, 1.165) is 29.3 Å². The van der Waals surface area contributed by atoms with E-state index in [1.54, 1.807) is 62.6 Å². The third-order valence-electron chi connectivity index (χ3n) is 7.44. The molecule has 8 nitrogen and oxygen atoms in total. The molecule has 2 aromatic carbocycles. The van der Waals surface area contributed by atoms with Gasteiger partial charge in [-0.3, -0.25) is 9.59 Å². The number of esters is 1. The predicted octanol–water partition coefficient (Wildman–Crippen LogP) is 5.90. The van der Waals surface area contributed by atoms with Crippen molar-refractivity contribution in [1.82, 2.24) is 10.2 Å². The molecular formula is C30H39ClN2O6SSi. The Labute approximate surface area is 253 Å². The number of halogens is 1. The van der Waals surface area contributed by atoms with Crippen LogP contribution in [0, 0.1) is 0 Å². The first kappa shape index (κ1) is 32.7. The van der Waals surface area contributed by atoms with Gasteiger partial charge in [-0.05, 0) is 66.0 Å². The van der Waals surface area contributed by atoms with Gasteiger partial charge in [-0.2, -0.15) is 0 Å². The monoisotopic (exact) mass is 618 g/mol. The maximum Gasteiger partial charge on any atom is 0.333 e. The summed E-state index contributed by atoms with van der Waals surface area (Å²) >= 11 is 7.13. The standard InChI is InChI=1S/C30H39ClN2O6SSi/c1-7-41(8-2,9-3)39-40-29-26(32-25(34)18-21-10-14-23(31)15-11-21)28(35)33(29)27(20(4)5)30(36)38-19-22-12-16-24(37-6)17-13-22/h10-17,26-27,29H,4,7-9,18-19H2,1-3,5-6H3,(H,32,34). The molecule has 3 unspecified atom stereocenters. The van der Waals surface area contributed by atoms with E-state index in [0.29, 0.717) is 16.3 Å². The zero-order valence-electron chi connectivity index (χ0n) is 24.3. The Hall–Kier alpha value is -2.79. The van der Waals surface area contributed by atoms with Crippen molar-refractivity contribution in [3.63, 3.8) is 0 Å². The number of methoxy groups -OCH3 is 1. The molecule has 1 saturated heterocycles. The van der Waals surface area contributed by atoms with Crippen molar-refractivity contribution < 1.29 is 27.7 Å². The summed E-state index contributed by atoms with van der Waals surface area (Å²) in [6.45, 7) is 12.0. The lowest BCUT2D eigenvalue weighted by Gasteiger charge is -2.49. The number of carbonyl (C=O) groups is 3. The summed E-state index contributed by atoms with van der Waals surface area (Å²) in [6.07, 6.45) is 0.0879. The molecule has 3 atom stereocenters. The van der Waals surface area contributed by atoms with E-state index in [2.05, 4.69) is 32.7 Å². The normalized spacial score (nSPS) is 17.4. The molecule has 2 amide bonds. The maximum absolute atomic E-state index is 13.5. The highest BCUT2D eigenvalue weighted by Crippen LogP contribution is 2.38. The summed E-state index contributed by atoms with van der Waals surface area (Å²) in [6, 6.07) is 15.0. The molecule has 2 aromatic rings. The Morgan fingerprint density at radius 2 is 1.63 bits per heavy atom. The molecule has 1 fully saturated rings. The molecule has 222 valence electrons. The van der Waals surface area contributed by atoms with Crippen LogP contribution in [-0.4, -0.2) is 55.6 Å². The van der Waals surface area contributed by atoms with Crippen molar-refractivity contribution in [1.29, 1.82) is 0 Å². The van der Waals surface area contributed by atoms with Gasteiger partial charge in [-0.15, -0.1) is 0 Å². The molecule has 0 bridgehead atoms. The molecule has 1 aliphatic heterocycles. The average Bonchev–Trinajstić information content (AvgIpc) is 2.98. The SMILES string of the molecule is C=C(C)C(C(=O)OCc1ccc(OC)cc1)N1C(=O)C(NC(=O)Cc2ccc(Cl)cc2)C1SO[Si](CC)(CC)CC. The molecule has 1 heterocycles.